The molecule has 3 heterocycles. The molecule has 3 aromatic heterocycles. The average Bonchev–Trinajstić information content (AvgIpc) is 3.35. The van der Waals surface area contributed by atoms with Crippen molar-refractivity contribution in [2.45, 2.75) is 33.7 Å². The maximum atomic E-state index is 4.91. The molecule has 0 bridgehead atoms. The number of para-hydroxylation sites is 2. The molecule has 0 aliphatic rings. The molecule has 0 amide bonds. The van der Waals surface area contributed by atoms with Crippen LogP contribution in [0, 0.1) is 0 Å². The van der Waals surface area contributed by atoms with Gasteiger partial charge in [-0.2, -0.15) is 0 Å². The first-order valence-corrected chi connectivity index (χ1v) is 10.7. The van der Waals surface area contributed by atoms with Crippen LogP contribution in [0.2, 0.25) is 0 Å². The first kappa shape index (κ1) is 18.6. The van der Waals surface area contributed by atoms with Crippen LogP contribution in [0.5, 0.6) is 0 Å². The third kappa shape index (κ3) is 3.52. The molecule has 0 N–H and O–H groups in total. The summed E-state index contributed by atoms with van der Waals surface area (Å²) < 4.78 is 2.25. The van der Waals surface area contributed by atoms with Gasteiger partial charge >= 0.3 is 0 Å². The first-order chi connectivity index (χ1) is 13.7. The second-order valence-electron chi connectivity index (χ2n) is 6.67. The fourth-order valence-electron chi connectivity index (χ4n) is 3.45. The van der Waals surface area contributed by atoms with Crippen molar-refractivity contribution in [2.75, 3.05) is 18.0 Å². The lowest BCUT2D eigenvalue weighted by Gasteiger charge is -2.19. The highest BCUT2D eigenvalue weighted by atomic mass is 32.1. The minimum absolute atomic E-state index is 0.712. The number of aryl methyl sites for hydroxylation is 1. The number of hydrogen-bond donors (Lipinski definition) is 0. The van der Waals surface area contributed by atoms with Crippen LogP contribution in [0.25, 0.3) is 22.4 Å². The third-order valence-corrected chi connectivity index (χ3v) is 6.01. The predicted octanol–water partition coefficient (Wildman–Crippen LogP) is 5.01. The Morgan fingerprint density at radius 1 is 1.00 bits per heavy atom. The van der Waals surface area contributed by atoms with Crippen molar-refractivity contribution in [1.82, 2.24) is 19.5 Å². The molecule has 28 heavy (non-hydrogen) atoms. The molecule has 1 aromatic carbocycles. The molecule has 4 aromatic rings. The molecule has 5 nitrogen and oxygen atoms in total. The van der Waals surface area contributed by atoms with Gasteiger partial charge in [0.15, 0.2) is 0 Å². The maximum absolute atomic E-state index is 4.91. The highest BCUT2D eigenvalue weighted by Gasteiger charge is 2.15. The molecule has 0 fully saturated rings. The first-order valence-electron chi connectivity index (χ1n) is 9.83. The Morgan fingerprint density at radius 3 is 2.50 bits per heavy atom. The van der Waals surface area contributed by atoms with Gasteiger partial charge in [-0.25, -0.2) is 15.0 Å². The summed E-state index contributed by atoms with van der Waals surface area (Å²) in [5, 5.41) is 3.32. The molecule has 0 unspecified atom stereocenters. The molecular formula is C22H25N5S. The second-order valence-corrected chi connectivity index (χ2v) is 7.62. The molecule has 0 aliphatic carbocycles. The van der Waals surface area contributed by atoms with Crippen molar-refractivity contribution < 1.29 is 0 Å². The van der Waals surface area contributed by atoms with Crippen molar-refractivity contribution >= 4 is 28.2 Å². The van der Waals surface area contributed by atoms with E-state index in [1.165, 1.54) is 5.01 Å². The van der Waals surface area contributed by atoms with E-state index in [0.717, 1.165) is 53.4 Å². The van der Waals surface area contributed by atoms with Gasteiger partial charge in [-0.1, -0.05) is 19.1 Å². The number of fused-ring (bicyclic) bond motifs is 1. The van der Waals surface area contributed by atoms with Crippen LogP contribution in [0.1, 0.15) is 31.5 Å². The smallest absolute Gasteiger partial charge is 0.143 e. The number of rotatable bonds is 7. The largest absolute Gasteiger partial charge is 0.357 e. The molecule has 0 spiro atoms. The zero-order chi connectivity index (χ0) is 19.5. The van der Waals surface area contributed by atoms with Crippen molar-refractivity contribution in [2.24, 2.45) is 0 Å². The minimum atomic E-state index is 0.712. The normalized spacial score (nSPS) is 11.2. The van der Waals surface area contributed by atoms with Crippen molar-refractivity contribution in [1.29, 1.82) is 0 Å². The quantitative estimate of drug-likeness (QED) is 0.444. The summed E-state index contributed by atoms with van der Waals surface area (Å²) in [5.41, 5.74) is 4.23. The number of thiazole rings is 1. The van der Waals surface area contributed by atoms with Gasteiger partial charge in [0.25, 0.3) is 0 Å². The van der Waals surface area contributed by atoms with E-state index in [4.69, 9.17) is 15.0 Å². The molecular weight excluding hydrogens is 366 g/mol. The van der Waals surface area contributed by atoms with Gasteiger partial charge in [0.2, 0.25) is 0 Å². The van der Waals surface area contributed by atoms with Crippen molar-refractivity contribution in [3.05, 3.63) is 58.7 Å². The second kappa shape index (κ2) is 8.10. The molecule has 0 saturated carbocycles. The third-order valence-electron chi connectivity index (χ3n) is 4.97. The summed E-state index contributed by atoms with van der Waals surface area (Å²) in [6.45, 7) is 9.05. The van der Waals surface area contributed by atoms with Gasteiger partial charge in [-0.15, -0.1) is 11.3 Å². The summed E-state index contributed by atoms with van der Waals surface area (Å²) in [7, 11) is 0. The summed E-state index contributed by atoms with van der Waals surface area (Å²) in [5.74, 6) is 1.94. The summed E-state index contributed by atoms with van der Waals surface area (Å²) >= 11 is 1.73. The predicted molar refractivity (Wildman–Crippen MR) is 117 cm³/mol. The zero-order valence-electron chi connectivity index (χ0n) is 16.6. The Morgan fingerprint density at radius 2 is 1.82 bits per heavy atom. The van der Waals surface area contributed by atoms with Crippen LogP contribution in [0.3, 0.4) is 0 Å². The SMILES string of the molecule is CCc1nc(Cn2c(-c3ccc(N(CC)CC)nc3)nc3ccccc32)cs1. The fraction of sp³-hybridized carbons (Fsp3) is 0.318. The van der Waals surface area contributed by atoms with Gasteiger partial charge in [0, 0.05) is 30.2 Å². The van der Waals surface area contributed by atoms with Gasteiger partial charge in [0.1, 0.15) is 11.6 Å². The maximum Gasteiger partial charge on any atom is 0.143 e. The van der Waals surface area contributed by atoms with Crippen LogP contribution in [0.15, 0.2) is 48.0 Å². The Kier molecular flexibility index (Phi) is 5.39. The van der Waals surface area contributed by atoms with E-state index in [2.05, 4.69) is 66.0 Å². The fourth-order valence-corrected chi connectivity index (χ4v) is 4.19. The van der Waals surface area contributed by atoms with Gasteiger partial charge in [-0.05, 0) is 44.5 Å². The lowest BCUT2D eigenvalue weighted by molar-refractivity contribution is 0.805. The lowest BCUT2D eigenvalue weighted by atomic mass is 10.2. The number of imidazole rings is 1. The average molecular weight is 392 g/mol. The van der Waals surface area contributed by atoms with Gasteiger partial charge in [-0.3, -0.25) is 0 Å². The highest BCUT2D eigenvalue weighted by Crippen LogP contribution is 2.27. The summed E-state index contributed by atoms with van der Waals surface area (Å²) in [6, 6.07) is 12.5. The molecule has 6 heteroatoms. The number of hydrogen-bond acceptors (Lipinski definition) is 5. The highest BCUT2D eigenvalue weighted by molar-refractivity contribution is 7.09. The number of anilines is 1. The monoisotopic (exact) mass is 391 g/mol. The number of nitrogens with zero attached hydrogens (tertiary/aromatic N) is 5. The van der Waals surface area contributed by atoms with Gasteiger partial charge < -0.3 is 9.47 Å². The molecule has 0 atom stereocenters. The van der Waals surface area contributed by atoms with Gasteiger partial charge in [0.05, 0.1) is 28.3 Å². The lowest BCUT2D eigenvalue weighted by Crippen LogP contribution is -2.22. The van der Waals surface area contributed by atoms with Crippen LogP contribution < -0.4 is 4.90 Å². The van der Waals surface area contributed by atoms with Crippen molar-refractivity contribution in [3.63, 3.8) is 0 Å². The van der Waals surface area contributed by atoms with Crippen molar-refractivity contribution in [3.8, 4) is 11.4 Å². The molecule has 4 rings (SSSR count). The molecule has 0 radical (unpaired) electrons. The number of pyridine rings is 1. The topological polar surface area (TPSA) is 46.8 Å². The zero-order valence-corrected chi connectivity index (χ0v) is 17.4. The Balaban J connectivity index is 1.76. The molecule has 0 aliphatic heterocycles. The molecule has 144 valence electrons. The number of aromatic nitrogens is 4. The Bertz CT molecular complexity index is 1060. The Hall–Kier alpha value is -2.73. The van der Waals surface area contributed by atoms with Crippen LogP contribution in [-0.4, -0.2) is 32.6 Å². The van der Waals surface area contributed by atoms with Crippen LogP contribution in [-0.2, 0) is 13.0 Å². The number of benzene rings is 1. The minimum Gasteiger partial charge on any atom is -0.357 e. The van der Waals surface area contributed by atoms with E-state index < -0.39 is 0 Å². The van der Waals surface area contributed by atoms with Crippen LogP contribution >= 0.6 is 11.3 Å². The van der Waals surface area contributed by atoms with E-state index in [1.54, 1.807) is 11.3 Å². The van der Waals surface area contributed by atoms with E-state index in [0.29, 0.717) is 6.54 Å². The standard InChI is InChI=1S/C22H25N5S/c1-4-21-24-17(15-28-21)14-27-19-10-8-7-9-18(19)25-22(27)16-11-12-20(23-13-16)26(5-2)6-3/h7-13,15H,4-6,14H2,1-3H3. The molecule has 0 saturated heterocycles. The summed E-state index contributed by atoms with van der Waals surface area (Å²) in [4.78, 5) is 16.6. The Labute approximate surface area is 169 Å². The van der Waals surface area contributed by atoms with E-state index in [9.17, 15) is 0 Å². The van der Waals surface area contributed by atoms with E-state index in [1.807, 2.05) is 12.3 Å². The summed E-state index contributed by atoms with van der Waals surface area (Å²) in [6.07, 6.45) is 2.91. The van der Waals surface area contributed by atoms with E-state index >= 15 is 0 Å². The van der Waals surface area contributed by atoms with E-state index in [-0.39, 0.29) is 0 Å². The van der Waals surface area contributed by atoms with Crippen LogP contribution in [0.4, 0.5) is 5.82 Å².